The minimum atomic E-state index is -0.777. The molecule has 0 aliphatic rings. The van der Waals surface area contributed by atoms with Crippen LogP contribution in [0.2, 0.25) is 0 Å². The van der Waals surface area contributed by atoms with E-state index in [-0.39, 0.29) is 17.9 Å². The van der Waals surface area contributed by atoms with Gasteiger partial charge in [0.15, 0.2) is 6.61 Å². The van der Waals surface area contributed by atoms with Gasteiger partial charge >= 0.3 is 5.97 Å². The quantitative estimate of drug-likeness (QED) is 0.565. The van der Waals surface area contributed by atoms with E-state index in [1.54, 1.807) is 19.1 Å². The Morgan fingerprint density at radius 2 is 1.92 bits per heavy atom. The van der Waals surface area contributed by atoms with Crippen molar-refractivity contribution in [3.63, 3.8) is 0 Å². The average Bonchev–Trinajstić information content (AvgIpc) is 2.61. The molecule has 4 nitrogen and oxygen atoms in total. The fraction of sp³-hybridized carbons (Fsp3) is 0.158. The molecule has 7 heteroatoms. The Kier molecular flexibility index (Phi) is 7.03. The fourth-order valence-corrected chi connectivity index (χ4v) is 2.36. The molecule has 0 atom stereocenters. The zero-order valence-electron chi connectivity index (χ0n) is 13.9. The van der Waals surface area contributed by atoms with E-state index in [1.807, 2.05) is 0 Å². The van der Waals surface area contributed by atoms with Gasteiger partial charge in [0, 0.05) is 22.7 Å². The predicted molar refractivity (Wildman–Crippen MR) is 97.1 cm³/mol. The van der Waals surface area contributed by atoms with Crippen LogP contribution in [0, 0.1) is 18.6 Å². The monoisotopic (exact) mass is 423 g/mol. The van der Waals surface area contributed by atoms with Gasteiger partial charge in [-0.2, -0.15) is 0 Å². The fourth-order valence-electron chi connectivity index (χ4n) is 1.98. The molecule has 2 rings (SSSR count). The number of amides is 1. The number of rotatable bonds is 6. The predicted octanol–water partition coefficient (Wildman–Crippen LogP) is 3.91. The topological polar surface area (TPSA) is 55.4 Å². The number of carbonyl (C=O) groups excluding carboxylic acids is 2. The average molecular weight is 424 g/mol. The lowest BCUT2D eigenvalue weighted by molar-refractivity contribution is -0.143. The standard InChI is InChI=1S/C19H16BrF2NO3/c1-12-2-3-13(8-17(12)22)10-23-18(24)11-26-19(25)7-4-14-9-15(20)5-6-16(14)21/h2-9H,10-11H2,1H3,(H,23,24)/b7-4+. The summed E-state index contributed by atoms with van der Waals surface area (Å²) in [7, 11) is 0. The molecule has 0 aliphatic carbocycles. The maximum Gasteiger partial charge on any atom is 0.331 e. The molecule has 0 saturated carbocycles. The maximum atomic E-state index is 13.5. The van der Waals surface area contributed by atoms with Crippen molar-refractivity contribution in [2.75, 3.05) is 6.61 Å². The maximum absolute atomic E-state index is 13.5. The highest BCUT2D eigenvalue weighted by molar-refractivity contribution is 9.10. The summed E-state index contributed by atoms with van der Waals surface area (Å²) in [5.74, 6) is -2.14. The van der Waals surface area contributed by atoms with Gasteiger partial charge in [-0.25, -0.2) is 13.6 Å². The summed E-state index contributed by atoms with van der Waals surface area (Å²) in [6.07, 6.45) is 2.29. The molecule has 0 aliphatic heterocycles. The number of hydrogen-bond donors (Lipinski definition) is 1. The van der Waals surface area contributed by atoms with Crippen LogP contribution in [-0.4, -0.2) is 18.5 Å². The minimum absolute atomic E-state index is 0.118. The second-order valence-corrected chi connectivity index (χ2v) is 6.38. The molecule has 0 spiro atoms. The Hall–Kier alpha value is -2.54. The molecule has 0 heterocycles. The van der Waals surface area contributed by atoms with Gasteiger partial charge in [-0.1, -0.05) is 28.1 Å². The molecule has 2 aromatic carbocycles. The van der Waals surface area contributed by atoms with Crippen molar-refractivity contribution in [1.29, 1.82) is 0 Å². The molecular formula is C19H16BrF2NO3. The van der Waals surface area contributed by atoms with E-state index in [0.29, 0.717) is 15.6 Å². The third-order valence-electron chi connectivity index (χ3n) is 3.43. The first kappa shape index (κ1) is 19.8. The summed E-state index contributed by atoms with van der Waals surface area (Å²) in [5, 5.41) is 2.52. The zero-order valence-corrected chi connectivity index (χ0v) is 15.5. The normalized spacial score (nSPS) is 10.8. The molecule has 0 saturated heterocycles. The molecule has 1 amide bonds. The van der Waals surface area contributed by atoms with E-state index in [1.165, 1.54) is 30.3 Å². The van der Waals surface area contributed by atoms with Crippen LogP contribution in [0.4, 0.5) is 8.78 Å². The van der Waals surface area contributed by atoms with Crippen molar-refractivity contribution in [2.24, 2.45) is 0 Å². The molecule has 0 radical (unpaired) electrons. The van der Waals surface area contributed by atoms with Gasteiger partial charge in [0.2, 0.25) is 0 Å². The molecule has 1 N–H and O–H groups in total. The van der Waals surface area contributed by atoms with Crippen LogP contribution in [0.5, 0.6) is 0 Å². The lowest BCUT2D eigenvalue weighted by atomic mass is 10.1. The molecule has 136 valence electrons. The van der Waals surface area contributed by atoms with E-state index in [0.717, 1.165) is 6.08 Å². The molecule has 0 fully saturated rings. The van der Waals surface area contributed by atoms with Crippen molar-refractivity contribution in [3.8, 4) is 0 Å². The molecule has 0 bridgehead atoms. The van der Waals surface area contributed by atoms with E-state index in [2.05, 4.69) is 21.2 Å². The zero-order chi connectivity index (χ0) is 19.1. The van der Waals surface area contributed by atoms with Gasteiger partial charge in [-0.3, -0.25) is 4.79 Å². The Morgan fingerprint density at radius 3 is 2.65 bits per heavy atom. The highest BCUT2D eigenvalue weighted by Gasteiger charge is 2.07. The summed E-state index contributed by atoms with van der Waals surface area (Å²) in [4.78, 5) is 23.3. The van der Waals surface area contributed by atoms with Crippen LogP contribution in [0.3, 0.4) is 0 Å². The Balaban J connectivity index is 1.79. The van der Waals surface area contributed by atoms with Crippen LogP contribution in [-0.2, 0) is 20.9 Å². The summed E-state index contributed by atoms with van der Waals surface area (Å²) >= 11 is 3.20. The first-order chi connectivity index (χ1) is 12.3. The van der Waals surface area contributed by atoms with E-state index in [4.69, 9.17) is 4.74 Å². The molecular weight excluding hydrogens is 408 g/mol. The largest absolute Gasteiger partial charge is 0.452 e. The number of hydrogen-bond acceptors (Lipinski definition) is 3. The number of ether oxygens (including phenoxy) is 1. The first-order valence-corrected chi connectivity index (χ1v) is 8.46. The van der Waals surface area contributed by atoms with Crippen LogP contribution in [0.1, 0.15) is 16.7 Å². The third-order valence-corrected chi connectivity index (χ3v) is 3.92. The van der Waals surface area contributed by atoms with Crippen LogP contribution in [0.25, 0.3) is 6.08 Å². The van der Waals surface area contributed by atoms with Crippen molar-refractivity contribution in [1.82, 2.24) is 5.32 Å². The summed E-state index contributed by atoms with van der Waals surface area (Å²) in [6, 6.07) is 8.94. The Labute approximate surface area is 158 Å². The van der Waals surface area contributed by atoms with Crippen molar-refractivity contribution in [2.45, 2.75) is 13.5 Å². The molecule has 0 unspecified atom stereocenters. The molecule has 2 aromatic rings. The van der Waals surface area contributed by atoms with Gasteiger partial charge in [-0.15, -0.1) is 0 Å². The number of esters is 1. The molecule has 26 heavy (non-hydrogen) atoms. The lowest BCUT2D eigenvalue weighted by Gasteiger charge is -2.06. The highest BCUT2D eigenvalue weighted by atomic mass is 79.9. The SMILES string of the molecule is Cc1ccc(CNC(=O)COC(=O)/C=C/c2cc(Br)ccc2F)cc1F. The summed E-state index contributed by atoms with van der Waals surface area (Å²) in [5.41, 5.74) is 1.32. The number of nitrogens with one attached hydrogen (secondary N) is 1. The van der Waals surface area contributed by atoms with Crippen LogP contribution >= 0.6 is 15.9 Å². The van der Waals surface area contributed by atoms with Gasteiger partial charge in [0.05, 0.1) is 0 Å². The number of carbonyl (C=O) groups is 2. The lowest BCUT2D eigenvalue weighted by Crippen LogP contribution is -2.28. The van der Waals surface area contributed by atoms with Gasteiger partial charge < -0.3 is 10.1 Å². The number of benzene rings is 2. The molecule has 0 aromatic heterocycles. The first-order valence-electron chi connectivity index (χ1n) is 7.67. The van der Waals surface area contributed by atoms with Crippen LogP contribution < -0.4 is 5.32 Å². The second-order valence-electron chi connectivity index (χ2n) is 5.47. The smallest absolute Gasteiger partial charge is 0.331 e. The van der Waals surface area contributed by atoms with Crippen LogP contribution in [0.15, 0.2) is 46.9 Å². The van der Waals surface area contributed by atoms with E-state index >= 15 is 0 Å². The van der Waals surface area contributed by atoms with Crippen molar-refractivity contribution >= 4 is 33.9 Å². The van der Waals surface area contributed by atoms with E-state index < -0.39 is 24.3 Å². The van der Waals surface area contributed by atoms with Gasteiger partial charge in [0.1, 0.15) is 11.6 Å². The van der Waals surface area contributed by atoms with Gasteiger partial charge in [-0.05, 0) is 48.4 Å². The van der Waals surface area contributed by atoms with E-state index in [9.17, 15) is 18.4 Å². The Morgan fingerprint density at radius 1 is 1.15 bits per heavy atom. The highest BCUT2D eigenvalue weighted by Crippen LogP contribution is 2.16. The minimum Gasteiger partial charge on any atom is -0.452 e. The number of halogens is 3. The second kappa shape index (κ2) is 9.24. The third kappa shape index (κ3) is 6.07. The summed E-state index contributed by atoms with van der Waals surface area (Å²) < 4.78 is 32.4. The van der Waals surface area contributed by atoms with Crippen molar-refractivity contribution < 1.29 is 23.1 Å². The van der Waals surface area contributed by atoms with Crippen molar-refractivity contribution in [3.05, 3.63) is 75.3 Å². The Bertz CT molecular complexity index is 853. The van der Waals surface area contributed by atoms with Gasteiger partial charge in [0.25, 0.3) is 5.91 Å². The number of aryl methyl sites for hydroxylation is 1. The summed E-state index contributed by atoms with van der Waals surface area (Å²) in [6.45, 7) is 1.27.